The number of rotatable bonds is 4. The predicted octanol–water partition coefficient (Wildman–Crippen LogP) is 4.70. The molecule has 0 aliphatic rings. The molecule has 2 aromatic heterocycles. The maximum absolute atomic E-state index is 12.6. The highest BCUT2D eigenvalue weighted by molar-refractivity contribution is 7.14. The minimum absolute atomic E-state index is 0.0139. The number of thiazole rings is 1. The number of hydrogen-bond donors (Lipinski definition) is 0. The first-order valence-corrected chi connectivity index (χ1v) is 8.79. The average molecular weight is 328 g/mol. The summed E-state index contributed by atoms with van der Waals surface area (Å²) in [5, 5.41) is 6.79. The van der Waals surface area contributed by atoms with Crippen LogP contribution in [0.5, 0.6) is 0 Å². The summed E-state index contributed by atoms with van der Waals surface area (Å²) in [6, 6.07) is 12.1. The van der Waals surface area contributed by atoms with E-state index in [-0.39, 0.29) is 11.9 Å². The maximum atomic E-state index is 12.6. The van der Waals surface area contributed by atoms with Crippen LogP contribution in [-0.4, -0.2) is 22.8 Å². The third kappa shape index (κ3) is 2.96. The van der Waals surface area contributed by atoms with Crippen molar-refractivity contribution in [3.05, 3.63) is 63.8 Å². The van der Waals surface area contributed by atoms with Crippen LogP contribution >= 0.6 is 22.7 Å². The zero-order chi connectivity index (χ0) is 15.5. The van der Waals surface area contributed by atoms with Gasteiger partial charge in [0.2, 0.25) is 0 Å². The van der Waals surface area contributed by atoms with Crippen molar-refractivity contribution >= 4 is 28.6 Å². The second kappa shape index (κ2) is 6.42. The Balaban J connectivity index is 1.79. The van der Waals surface area contributed by atoms with Crippen molar-refractivity contribution in [1.82, 2.24) is 9.88 Å². The normalized spacial score (nSPS) is 12.1. The number of benzene rings is 1. The van der Waals surface area contributed by atoms with Crippen LogP contribution in [0.1, 0.15) is 29.0 Å². The molecule has 0 radical (unpaired) electrons. The summed E-state index contributed by atoms with van der Waals surface area (Å²) >= 11 is 3.14. The lowest BCUT2D eigenvalue weighted by molar-refractivity contribution is 0.0737. The molecule has 1 atom stereocenters. The van der Waals surface area contributed by atoms with Crippen LogP contribution in [0, 0.1) is 0 Å². The topological polar surface area (TPSA) is 33.2 Å². The Labute approximate surface area is 137 Å². The van der Waals surface area contributed by atoms with E-state index >= 15 is 0 Å². The number of aromatic nitrogens is 1. The maximum Gasteiger partial charge on any atom is 0.273 e. The van der Waals surface area contributed by atoms with Gasteiger partial charge >= 0.3 is 0 Å². The first-order valence-electron chi connectivity index (χ1n) is 6.97. The van der Waals surface area contributed by atoms with E-state index in [1.165, 1.54) is 11.3 Å². The van der Waals surface area contributed by atoms with E-state index < -0.39 is 0 Å². The van der Waals surface area contributed by atoms with Crippen molar-refractivity contribution in [3.8, 4) is 10.6 Å². The molecule has 1 unspecified atom stereocenters. The summed E-state index contributed by atoms with van der Waals surface area (Å²) in [5.74, 6) is -0.0471. The van der Waals surface area contributed by atoms with Gasteiger partial charge in [-0.3, -0.25) is 4.79 Å². The number of hydrogen-bond acceptors (Lipinski definition) is 4. The van der Waals surface area contributed by atoms with Crippen LogP contribution in [-0.2, 0) is 0 Å². The largest absolute Gasteiger partial charge is 0.334 e. The lowest BCUT2D eigenvalue weighted by Gasteiger charge is -2.24. The fourth-order valence-electron chi connectivity index (χ4n) is 2.20. The van der Waals surface area contributed by atoms with Gasteiger partial charge in [0.25, 0.3) is 5.91 Å². The van der Waals surface area contributed by atoms with Gasteiger partial charge in [-0.1, -0.05) is 30.3 Å². The predicted molar refractivity (Wildman–Crippen MR) is 92.4 cm³/mol. The standard InChI is InChI=1S/C17H16N2OS2/c1-12(13-6-4-3-5-7-13)19(2)17(20)15-11-22-16(18-15)14-8-9-21-10-14/h3-12H,1-2H3. The van der Waals surface area contributed by atoms with Crippen molar-refractivity contribution in [3.63, 3.8) is 0 Å². The van der Waals surface area contributed by atoms with E-state index in [1.807, 2.05) is 66.5 Å². The summed E-state index contributed by atoms with van der Waals surface area (Å²) in [5.41, 5.74) is 2.70. The first-order chi connectivity index (χ1) is 10.7. The fraction of sp³-hybridized carbons (Fsp3) is 0.176. The van der Waals surface area contributed by atoms with Gasteiger partial charge in [-0.25, -0.2) is 4.98 Å². The smallest absolute Gasteiger partial charge is 0.273 e. The molecule has 0 aliphatic carbocycles. The van der Waals surface area contributed by atoms with Crippen LogP contribution in [0.4, 0.5) is 0 Å². The number of amides is 1. The molecule has 3 aromatic rings. The molecule has 0 aliphatic heterocycles. The molecule has 2 heterocycles. The highest BCUT2D eigenvalue weighted by atomic mass is 32.1. The van der Waals surface area contributed by atoms with Gasteiger partial charge in [0, 0.05) is 23.4 Å². The van der Waals surface area contributed by atoms with Crippen molar-refractivity contribution in [2.24, 2.45) is 0 Å². The Morgan fingerprint density at radius 2 is 1.95 bits per heavy atom. The summed E-state index contributed by atoms with van der Waals surface area (Å²) in [7, 11) is 1.82. The number of thiophene rings is 1. The minimum atomic E-state index is -0.0471. The number of carbonyl (C=O) groups excluding carboxylic acids is 1. The SMILES string of the molecule is CC(c1ccccc1)N(C)C(=O)c1csc(-c2ccsc2)n1. The van der Waals surface area contributed by atoms with Crippen molar-refractivity contribution < 1.29 is 4.79 Å². The van der Waals surface area contributed by atoms with E-state index in [0.29, 0.717) is 5.69 Å². The van der Waals surface area contributed by atoms with E-state index in [1.54, 1.807) is 16.2 Å². The van der Waals surface area contributed by atoms with Gasteiger partial charge in [0.15, 0.2) is 0 Å². The third-order valence-electron chi connectivity index (χ3n) is 3.67. The van der Waals surface area contributed by atoms with Crippen molar-refractivity contribution in [2.75, 3.05) is 7.05 Å². The molecular formula is C17H16N2OS2. The van der Waals surface area contributed by atoms with Crippen molar-refractivity contribution in [2.45, 2.75) is 13.0 Å². The highest BCUT2D eigenvalue weighted by Gasteiger charge is 2.21. The second-order valence-electron chi connectivity index (χ2n) is 5.05. The zero-order valence-electron chi connectivity index (χ0n) is 12.4. The third-order valence-corrected chi connectivity index (χ3v) is 5.25. The van der Waals surface area contributed by atoms with Crippen LogP contribution in [0.3, 0.4) is 0 Å². The monoisotopic (exact) mass is 328 g/mol. The molecule has 0 saturated heterocycles. The highest BCUT2D eigenvalue weighted by Crippen LogP contribution is 2.27. The molecule has 1 aromatic carbocycles. The Hall–Kier alpha value is -1.98. The van der Waals surface area contributed by atoms with E-state index in [4.69, 9.17) is 0 Å². The summed E-state index contributed by atoms with van der Waals surface area (Å²) < 4.78 is 0. The molecule has 112 valence electrons. The van der Waals surface area contributed by atoms with Gasteiger partial charge < -0.3 is 4.90 Å². The first kappa shape index (κ1) is 14.9. The molecular weight excluding hydrogens is 312 g/mol. The Morgan fingerprint density at radius 1 is 1.18 bits per heavy atom. The van der Waals surface area contributed by atoms with Gasteiger partial charge in [-0.2, -0.15) is 11.3 Å². The summed E-state index contributed by atoms with van der Waals surface area (Å²) in [6.45, 7) is 2.03. The van der Waals surface area contributed by atoms with Crippen molar-refractivity contribution in [1.29, 1.82) is 0 Å². The molecule has 22 heavy (non-hydrogen) atoms. The van der Waals surface area contributed by atoms with E-state index in [2.05, 4.69) is 4.98 Å². The number of carbonyl (C=O) groups is 1. The fourth-order valence-corrected chi connectivity index (χ4v) is 3.71. The van der Waals surface area contributed by atoms with Gasteiger partial charge in [-0.15, -0.1) is 11.3 Å². The minimum Gasteiger partial charge on any atom is -0.334 e. The molecule has 0 spiro atoms. The quantitative estimate of drug-likeness (QED) is 0.695. The van der Waals surface area contributed by atoms with Crippen LogP contribution in [0.25, 0.3) is 10.6 Å². The van der Waals surface area contributed by atoms with E-state index in [9.17, 15) is 4.79 Å². The van der Waals surface area contributed by atoms with Crippen LogP contribution in [0.2, 0.25) is 0 Å². The summed E-state index contributed by atoms with van der Waals surface area (Å²) in [4.78, 5) is 18.8. The molecule has 3 rings (SSSR count). The Bertz CT molecular complexity index is 750. The van der Waals surface area contributed by atoms with Crippen LogP contribution < -0.4 is 0 Å². The number of nitrogens with zero attached hydrogens (tertiary/aromatic N) is 2. The molecule has 0 N–H and O–H groups in total. The Morgan fingerprint density at radius 3 is 2.64 bits per heavy atom. The second-order valence-corrected chi connectivity index (χ2v) is 6.69. The molecule has 3 nitrogen and oxygen atoms in total. The Kier molecular flexibility index (Phi) is 4.36. The molecule has 5 heteroatoms. The van der Waals surface area contributed by atoms with E-state index in [0.717, 1.165) is 16.1 Å². The molecule has 0 saturated carbocycles. The molecule has 1 amide bonds. The van der Waals surface area contributed by atoms with Gasteiger partial charge in [0.05, 0.1) is 6.04 Å². The zero-order valence-corrected chi connectivity index (χ0v) is 14.0. The van der Waals surface area contributed by atoms with Crippen LogP contribution in [0.15, 0.2) is 52.5 Å². The van der Waals surface area contributed by atoms with Gasteiger partial charge in [0.1, 0.15) is 10.7 Å². The summed E-state index contributed by atoms with van der Waals surface area (Å²) in [6.07, 6.45) is 0. The molecule has 0 fully saturated rings. The lowest BCUT2D eigenvalue weighted by Crippen LogP contribution is -2.29. The lowest BCUT2D eigenvalue weighted by atomic mass is 10.1. The van der Waals surface area contributed by atoms with Gasteiger partial charge in [-0.05, 0) is 23.9 Å². The average Bonchev–Trinajstić information content (AvgIpc) is 3.24. The molecule has 0 bridgehead atoms.